The van der Waals surface area contributed by atoms with Gasteiger partial charge in [0.15, 0.2) is 0 Å². The molecule has 15 heavy (non-hydrogen) atoms. The van der Waals surface area contributed by atoms with Gasteiger partial charge < -0.3 is 9.73 Å². The van der Waals surface area contributed by atoms with E-state index >= 15 is 0 Å². The van der Waals surface area contributed by atoms with Crippen molar-refractivity contribution in [2.24, 2.45) is 5.92 Å². The second kappa shape index (κ2) is 3.93. The van der Waals surface area contributed by atoms with Crippen molar-refractivity contribution in [1.82, 2.24) is 15.5 Å². The standard InChI is InChI=1S/C11H17N3O/c1-2-8(3-1)6-10-13-14-11(15-10)7-12-9-4-5-9/h8-9,12H,1-7H2. The van der Waals surface area contributed by atoms with Crippen LogP contribution in [0.25, 0.3) is 0 Å². The van der Waals surface area contributed by atoms with E-state index in [1.807, 2.05) is 0 Å². The number of aromatic nitrogens is 2. The Morgan fingerprint density at radius 1 is 1.13 bits per heavy atom. The highest BCUT2D eigenvalue weighted by Gasteiger charge is 2.22. The molecule has 1 N–H and O–H groups in total. The molecule has 0 unspecified atom stereocenters. The SMILES string of the molecule is C1CC(Cc2nnc(CNC3CC3)o2)C1. The molecule has 82 valence electrons. The molecule has 3 rings (SSSR count). The van der Waals surface area contributed by atoms with Gasteiger partial charge in [0.25, 0.3) is 0 Å². The Labute approximate surface area is 89.5 Å². The maximum absolute atomic E-state index is 5.58. The zero-order valence-corrected chi connectivity index (χ0v) is 8.91. The summed E-state index contributed by atoms with van der Waals surface area (Å²) in [6, 6.07) is 0.701. The van der Waals surface area contributed by atoms with Crippen molar-refractivity contribution in [3.8, 4) is 0 Å². The zero-order valence-electron chi connectivity index (χ0n) is 8.91. The third-order valence-corrected chi connectivity index (χ3v) is 3.32. The Bertz CT molecular complexity index is 328. The summed E-state index contributed by atoms with van der Waals surface area (Å²) in [5.41, 5.74) is 0. The number of nitrogens with zero attached hydrogens (tertiary/aromatic N) is 2. The molecular formula is C11H17N3O. The van der Waals surface area contributed by atoms with Gasteiger partial charge in [-0.25, -0.2) is 0 Å². The van der Waals surface area contributed by atoms with Crippen molar-refractivity contribution in [3.63, 3.8) is 0 Å². The number of hydrogen-bond donors (Lipinski definition) is 1. The first kappa shape index (κ1) is 9.33. The molecule has 0 aliphatic heterocycles. The van der Waals surface area contributed by atoms with E-state index in [0.29, 0.717) is 6.04 Å². The van der Waals surface area contributed by atoms with Crippen molar-refractivity contribution in [2.45, 2.75) is 51.1 Å². The molecule has 4 heteroatoms. The van der Waals surface area contributed by atoms with Gasteiger partial charge in [-0.1, -0.05) is 6.42 Å². The first-order valence-electron chi connectivity index (χ1n) is 5.95. The maximum Gasteiger partial charge on any atom is 0.230 e. The molecule has 0 radical (unpaired) electrons. The van der Waals surface area contributed by atoms with Crippen LogP contribution < -0.4 is 5.32 Å². The van der Waals surface area contributed by atoms with Crippen LogP contribution in [0.2, 0.25) is 0 Å². The van der Waals surface area contributed by atoms with Crippen LogP contribution in [0.4, 0.5) is 0 Å². The van der Waals surface area contributed by atoms with Crippen molar-refractivity contribution >= 4 is 0 Å². The van der Waals surface area contributed by atoms with Crippen LogP contribution in [0.15, 0.2) is 4.42 Å². The largest absolute Gasteiger partial charge is 0.424 e. The fourth-order valence-electron chi connectivity index (χ4n) is 1.91. The van der Waals surface area contributed by atoms with Gasteiger partial charge in [-0.05, 0) is 31.6 Å². The summed E-state index contributed by atoms with van der Waals surface area (Å²) in [6.07, 6.45) is 7.60. The van der Waals surface area contributed by atoms with Crippen LogP contribution >= 0.6 is 0 Å². The van der Waals surface area contributed by atoms with Crippen molar-refractivity contribution in [2.75, 3.05) is 0 Å². The molecule has 0 aromatic carbocycles. The Morgan fingerprint density at radius 2 is 1.93 bits per heavy atom. The summed E-state index contributed by atoms with van der Waals surface area (Å²) in [5.74, 6) is 2.37. The van der Waals surface area contributed by atoms with Gasteiger partial charge in [0.2, 0.25) is 11.8 Å². The van der Waals surface area contributed by atoms with E-state index in [9.17, 15) is 0 Å². The molecule has 0 atom stereocenters. The van der Waals surface area contributed by atoms with Crippen molar-refractivity contribution in [3.05, 3.63) is 11.8 Å². The molecule has 4 nitrogen and oxygen atoms in total. The molecule has 0 saturated heterocycles. The van der Waals surface area contributed by atoms with E-state index in [-0.39, 0.29) is 0 Å². The van der Waals surface area contributed by atoms with E-state index in [1.54, 1.807) is 0 Å². The summed E-state index contributed by atoms with van der Waals surface area (Å²) in [5, 5.41) is 11.5. The monoisotopic (exact) mass is 207 g/mol. The fraction of sp³-hybridized carbons (Fsp3) is 0.818. The first-order chi connectivity index (χ1) is 7.40. The predicted octanol–water partition coefficient (Wildman–Crippen LogP) is 1.66. The van der Waals surface area contributed by atoms with Gasteiger partial charge >= 0.3 is 0 Å². The highest BCUT2D eigenvalue weighted by Crippen LogP contribution is 2.29. The van der Waals surface area contributed by atoms with Gasteiger partial charge in [0.05, 0.1) is 6.54 Å². The van der Waals surface area contributed by atoms with Crippen LogP contribution in [0.3, 0.4) is 0 Å². The molecule has 0 spiro atoms. The van der Waals surface area contributed by atoms with Gasteiger partial charge in [-0.3, -0.25) is 0 Å². The molecule has 1 heterocycles. The Kier molecular flexibility index (Phi) is 2.44. The van der Waals surface area contributed by atoms with E-state index in [0.717, 1.165) is 30.7 Å². The topological polar surface area (TPSA) is 51.0 Å². The Balaban J connectivity index is 1.50. The third-order valence-electron chi connectivity index (χ3n) is 3.32. The van der Waals surface area contributed by atoms with Gasteiger partial charge in [0.1, 0.15) is 0 Å². The average Bonchev–Trinajstić information content (AvgIpc) is 2.89. The Hall–Kier alpha value is -0.900. The molecular weight excluding hydrogens is 190 g/mol. The lowest BCUT2D eigenvalue weighted by molar-refractivity contribution is 0.286. The first-order valence-corrected chi connectivity index (χ1v) is 5.95. The van der Waals surface area contributed by atoms with E-state index in [4.69, 9.17) is 4.42 Å². The summed E-state index contributed by atoms with van der Waals surface area (Å²) in [4.78, 5) is 0. The van der Waals surface area contributed by atoms with Crippen molar-refractivity contribution < 1.29 is 4.42 Å². The minimum Gasteiger partial charge on any atom is -0.424 e. The highest BCUT2D eigenvalue weighted by molar-refractivity contribution is 4.88. The summed E-state index contributed by atoms with van der Waals surface area (Å²) >= 11 is 0. The van der Waals surface area contributed by atoms with E-state index in [1.165, 1.54) is 32.1 Å². The average molecular weight is 207 g/mol. The number of rotatable bonds is 5. The van der Waals surface area contributed by atoms with Crippen molar-refractivity contribution in [1.29, 1.82) is 0 Å². The van der Waals surface area contributed by atoms with E-state index in [2.05, 4.69) is 15.5 Å². The lowest BCUT2D eigenvalue weighted by Gasteiger charge is -2.23. The smallest absolute Gasteiger partial charge is 0.230 e. The summed E-state index contributed by atoms with van der Waals surface area (Å²) in [7, 11) is 0. The van der Waals surface area contributed by atoms with Crippen LogP contribution in [0, 0.1) is 5.92 Å². The van der Waals surface area contributed by atoms with Gasteiger partial charge in [-0.2, -0.15) is 0 Å². The molecule has 2 aliphatic rings. The molecule has 1 aromatic rings. The zero-order chi connectivity index (χ0) is 10.1. The minimum atomic E-state index is 0.701. The quantitative estimate of drug-likeness (QED) is 0.797. The lowest BCUT2D eigenvalue weighted by atomic mass is 9.83. The second-order valence-corrected chi connectivity index (χ2v) is 4.75. The molecule has 0 bridgehead atoms. The highest BCUT2D eigenvalue weighted by atomic mass is 16.4. The molecule has 0 amide bonds. The number of nitrogens with one attached hydrogen (secondary N) is 1. The van der Waals surface area contributed by atoms with Crippen LogP contribution in [0.5, 0.6) is 0 Å². The maximum atomic E-state index is 5.58. The summed E-state index contributed by atoms with van der Waals surface area (Å²) in [6.45, 7) is 0.738. The van der Waals surface area contributed by atoms with E-state index < -0.39 is 0 Å². The molecule has 2 aliphatic carbocycles. The molecule has 1 aromatic heterocycles. The van der Waals surface area contributed by atoms with Crippen LogP contribution in [-0.2, 0) is 13.0 Å². The Morgan fingerprint density at radius 3 is 2.60 bits per heavy atom. The fourth-order valence-corrected chi connectivity index (χ4v) is 1.91. The van der Waals surface area contributed by atoms with Crippen LogP contribution in [0.1, 0.15) is 43.9 Å². The minimum absolute atomic E-state index is 0.701. The molecule has 2 saturated carbocycles. The second-order valence-electron chi connectivity index (χ2n) is 4.75. The lowest BCUT2D eigenvalue weighted by Crippen LogP contribution is -2.15. The summed E-state index contributed by atoms with van der Waals surface area (Å²) < 4.78 is 5.58. The predicted molar refractivity (Wildman–Crippen MR) is 55.2 cm³/mol. The van der Waals surface area contributed by atoms with Crippen LogP contribution in [-0.4, -0.2) is 16.2 Å². The van der Waals surface area contributed by atoms with Gasteiger partial charge in [0, 0.05) is 12.5 Å². The van der Waals surface area contributed by atoms with Gasteiger partial charge in [-0.15, -0.1) is 10.2 Å². The third kappa shape index (κ3) is 2.37. The number of hydrogen-bond acceptors (Lipinski definition) is 4. The molecule has 2 fully saturated rings. The normalized spacial score (nSPS) is 21.6.